The molecule has 0 radical (unpaired) electrons. The van der Waals surface area contributed by atoms with E-state index >= 15 is 0 Å². The van der Waals surface area contributed by atoms with Crippen LogP contribution in [-0.2, 0) is 9.59 Å². The zero-order chi connectivity index (χ0) is 35.1. The van der Waals surface area contributed by atoms with E-state index in [2.05, 4.69) is 73.0 Å². The van der Waals surface area contributed by atoms with E-state index in [0.717, 1.165) is 58.9 Å². The van der Waals surface area contributed by atoms with Gasteiger partial charge in [0.05, 0.1) is 0 Å². The Morgan fingerprint density at radius 1 is 0.500 bits per heavy atom. The fourth-order valence-corrected chi connectivity index (χ4v) is 10.4. The van der Waals surface area contributed by atoms with Crippen molar-refractivity contribution in [3.8, 4) is 0 Å². The first-order valence-electron chi connectivity index (χ1n) is 17.7. The van der Waals surface area contributed by atoms with E-state index in [4.69, 9.17) is 46.4 Å². The molecule has 2 aliphatic heterocycles. The summed E-state index contributed by atoms with van der Waals surface area (Å²) >= 11 is 25.4. The number of benzene rings is 4. The molecule has 8 heteroatoms. The number of aryl methyl sites for hydroxylation is 2. The van der Waals surface area contributed by atoms with E-state index in [9.17, 15) is 9.59 Å². The number of rotatable bonds is 4. The van der Waals surface area contributed by atoms with E-state index in [1.807, 2.05) is 36.4 Å². The summed E-state index contributed by atoms with van der Waals surface area (Å²) in [4.78, 5) is 24.5. The summed E-state index contributed by atoms with van der Waals surface area (Å²) in [5.41, 5.74) is 7.23. The highest BCUT2D eigenvalue weighted by molar-refractivity contribution is 6.32. The number of hydrogen-bond donors (Lipinski definition) is 2. The topological polar surface area (TPSA) is 58.2 Å². The molecule has 2 aliphatic carbocycles. The van der Waals surface area contributed by atoms with Crippen LogP contribution >= 0.6 is 46.4 Å². The first-order chi connectivity index (χ1) is 24.1. The Labute approximate surface area is 315 Å². The first-order valence-corrected chi connectivity index (χ1v) is 19.2. The van der Waals surface area contributed by atoms with E-state index in [1.165, 1.54) is 33.4 Å². The van der Waals surface area contributed by atoms with Gasteiger partial charge in [-0.15, -0.1) is 0 Å². The lowest BCUT2D eigenvalue weighted by Gasteiger charge is -2.40. The minimum atomic E-state index is 0.112. The number of carbonyl (C=O) groups excluding carboxylic acids is 2. The molecule has 50 heavy (non-hydrogen) atoms. The molecule has 8 unspecified atom stereocenters. The molecule has 2 N–H and O–H groups in total. The summed E-state index contributed by atoms with van der Waals surface area (Å²) in [5, 5.41) is 9.28. The number of halogens is 4. The summed E-state index contributed by atoms with van der Waals surface area (Å²) in [5.74, 6) is 2.45. The van der Waals surface area contributed by atoms with E-state index in [0.29, 0.717) is 23.7 Å². The predicted molar refractivity (Wildman–Crippen MR) is 205 cm³/mol. The maximum atomic E-state index is 12.2. The van der Waals surface area contributed by atoms with Crippen molar-refractivity contribution in [2.24, 2.45) is 23.7 Å². The largest absolute Gasteiger partial charge is 0.356 e. The molecule has 2 saturated carbocycles. The number of hydrogen-bond acceptors (Lipinski definition) is 2. The Balaban J connectivity index is 0.000000157. The number of fused-ring (bicyclic) bond motifs is 2. The van der Waals surface area contributed by atoms with E-state index in [1.54, 1.807) is 0 Å². The van der Waals surface area contributed by atoms with Crippen molar-refractivity contribution in [2.75, 3.05) is 13.1 Å². The molecule has 4 aromatic carbocycles. The minimum absolute atomic E-state index is 0.112. The van der Waals surface area contributed by atoms with Gasteiger partial charge >= 0.3 is 0 Å². The van der Waals surface area contributed by atoms with Gasteiger partial charge in [0.2, 0.25) is 11.8 Å². The fraction of sp³-hybridized carbons (Fsp3) is 0.381. The van der Waals surface area contributed by atoms with Gasteiger partial charge in [-0.2, -0.15) is 0 Å². The van der Waals surface area contributed by atoms with Gasteiger partial charge in [-0.25, -0.2) is 0 Å². The Morgan fingerprint density at radius 2 is 0.860 bits per heavy atom. The quantitative estimate of drug-likeness (QED) is 0.218. The van der Waals surface area contributed by atoms with Gasteiger partial charge in [0, 0.05) is 45.0 Å². The summed E-state index contributed by atoms with van der Waals surface area (Å²) in [7, 11) is 0. The van der Waals surface area contributed by atoms with Gasteiger partial charge in [-0.3, -0.25) is 9.59 Å². The SMILES string of the molecule is Cc1ccc(C2CCC3C(=O)NCC3C2c2ccc(Cl)cc2)c(Cl)c1.Cc1ccc(C2CCC3C(=O)NCC3C2c2ccc(Cl)cc2)c(Cl)c1. The molecule has 2 heterocycles. The second-order valence-electron chi connectivity index (χ2n) is 14.6. The summed E-state index contributed by atoms with van der Waals surface area (Å²) in [6.45, 7) is 5.61. The van der Waals surface area contributed by atoms with Crippen LogP contribution in [0.15, 0.2) is 84.9 Å². The third-order valence-electron chi connectivity index (χ3n) is 11.7. The molecule has 4 aliphatic rings. The molecule has 0 aromatic heterocycles. The van der Waals surface area contributed by atoms with Gasteiger partial charge in [0.1, 0.15) is 0 Å². The second-order valence-corrected chi connectivity index (χ2v) is 16.3. The normalized spacial score (nSPS) is 28.5. The molecule has 0 spiro atoms. The zero-order valence-electron chi connectivity index (χ0n) is 28.3. The number of carbonyl (C=O) groups is 2. The highest BCUT2D eigenvalue weighted by Crippen LogP contribution is 2.54. The van der Waals surface area contributed by atoms with Crippen LogP contribution in [0.25, 0.3) is 0 Å². The molecular weight excluding hydrogens is 706 g/mol. The Kier molecular flexibility index (Phi) is 10.6. The molecule has 8 atom stereocenters. The minimum Gasteiger partial charge on any atom is -0.356 e. The van der Waals surface area contributed by atoms with Crippen molar-refractivity contribution in [2.45, 2.75) is 63.2 Å². The van der Waals surface area contributed by atoms with Crippen LogP contribution in [0.4, 0.5) is 0 Å². The number of amides is 2. The van der Waals surface area contributed by atoms with Gasteiger partial charge in [0.25, 0.3) is 0 Å². The lowest BCUT2D eigenvalue weighted by molar-refractivity contribution is -0.124. The third-order valence-corrected chi connectivity index (χ3v) is 12.9. The van der Waals surface area contributed by atoms with Gasteiger partial charge in [-0.1, -0.05) is 94.9 Å². The lowest BCUT2D eigenvalue weighted by atomic mass is 9.63. The average molecular weight is 749 g/mol. The average Bonchev–Trinajstić information content (AvgIpc) is 3.67. The third kappa shape index (κ3) is 7.06. The van der Waals surface area contributed by atoms with Crippen LogP contribution in [0.5, 0.6) is 0 Å². The Morgan fingerprint density at radius 3 is 1.22 bits per heavy atom. The van der Waals surface area contributed by atoms with Crippen molar-refractivity contribution in [3.05, 3.63) is 138 Å². The highest BCUT2D eigenvalue weighted by Gasteiger charge is 2.48. The van der Waals surface area contributed by atoms with Gasteiger partial charge < -0.3 is 10.6 Å². The van der Waals surface area contributed by atoms with Crippen LogP contribution in [-0.4, -0.2) is 24.9 Å². The molecule has 260 valence electrons. The second kappa shape index (κ2) is 14.9. The van der Waals surface area contributed by atoms with Gasteiger partial charge in [0.15, 0.2) is 0 Å². The Bertz CT molecular complexity index is 1740. The maximum absolute atomic E-state index is 12.2. The molecule has 8 rings (SSSR count). The van der Waals surface area contributed by atoms with Crippen molar-refractivity contribution in [1.29, 1.82) is 0 Å². The fourth-order valence-electron chi connectivity index (χ4n) is 9.38. The maximum Gasteiger partial charge on any atom is 0.223 e. The molecule has 2 saturated heterocycles. The van der Waals surface area contributed by atoms with Crippen LogP contribution in [0.2, 0.25) is 20.1 Å². The van der Waals surface area contributed by atoms with Crippen LogP contribution in [0, 0.1) is 37.5 Å². The first kappa shape index (κ1) is 35.4. The van der Waals surface area contributed by atoms with Crippen LogP contribution in [0.3, 0.4) is 0 Å². The summed E-state index contributed by atoms with van der Waals surface area (Å²) in [6, 6.07) is 28.9. The molecule has 4 fully saturated rings. The Hall–Kier alpha value is -3.02. The smallest absolute Gasteiger partial charge is 0.223 e. The van der Waals surface area contributed by atoms with Crippen molar-refractivity contribution in [3.63, 3.8) is 0 Å². The number of nitrogens with one attached hydrogen (secondary N) is 2. The van der Waals surface area contributed by atoms with Crippen molar-refractivity contribution in [1.82, 2.24) is 10.6 Å². The van der Waals surface area contributed by atoms with E-state index in [-0.39, 0.29) is 35.5 Å². The van der Waals surface area contributed by atoms with Crippen LogP contribution in [0.1, 0.15) is 82.7 Å². The van der Waals surface area contributed by atoms with Gasteiger partial charge in [-0.05, 0) is 145 Å². The van der Waals surface area contributed by atoms with E-state index < -0.39 is 0 Å². The summed E-state index contributed by atoms with van der Waals surface area (Å²) < 4.78 is 0. The molecule has 4 aromatic rings. The van der Waals surface area contributed by atoms with Crippen molar-refractivity contribution >= 4 is 58.2 Å². The van der Waals surface area contributed by atoms with Crippen molar-refractivity contribution < 1.29 is 9.59 Å². The summed E-state index contributed by atoms with van der Waals surface area (Å²) in [6.07, 6.45) is 3.81. The predicted octanol–water partition coefficient (Wildman–Crippen LogP) is 10.7. The highest BCUT2D eigenvalue weighted by atomic mass is 35.5. The lowest BCUT2D eigenvalue weighted by Crippen LogP contribution is -2.32. The molecule has 0 bridgehead atoms. The monoisotopic (exact) mass is 746 g/mol. The van der Waals surface area contributed by atoms with Crippen LogP contribution < -0.4 is 10.6 Å². The molecule has 2 amide bonds. The zero-order valence-corrected chi connectivity index (χ0v) is 31.3. The molecule has 4 nitrogen and oxygen atoms in total. The molecular formula is C42H42Cl4N2O2. The standard InChI is InChI=1S/2C21H21Cl2NO/c2*1-12-2-7-15(19(23)10-12)16-8-9-17-18(11-24-21(17)25)20(16)13-3-5-14(22)6-4-13/h2*2-7,10,16-18,20H,8-9,11H2,1H3,(H,24,25).